The van der Waals surface area contributed by atoms with Crippen molar-refractivity contribution in [3.05, 3.63) is 23.3 Å². The first-order chi connectivity index (χ1) is 11.5. The largest absolute Gasteiger partial charge is 0.385 e. The van der Waals surface area contributed by atoms with Gasteiger partial charge in [0.25, 0.3) is 0 Å². The molecule has 2 heteroatoms. The Kier molecular flexibility index (Phi) is 3.77. The van der Waals surface area contributed by atoms with Gasteiger partial charge in [0.1, 0.15) is 5.78 Å². The highest BCUT2D eigenvalue weighted by atomic mass is 16.3. The van der Waals surface area contributed by atoms with Gasteiger partial charge in [-0.2, -0.15) is 0 Å². The van der Waals surface area contributed by atoms with Crippen LogP contribution in [0.1, 0.15) is 65.2 Å². The Morgan fingerprint density at radius 2 is 2.08 bits per heavy atom. The van der Waals surface area contributed by atoms with Crippen LogP contribution in [0.5, 0.6) is 0 Å². The molecule has 0 bridgehead atoms. The summed E-state index contributed by atoms with van der Waals surface area (Å²) in [5, 5.41) is 11.4. The molecular weight excluding hydrogens is 296 g/mol. The maximum atomic E-state index is 11.8. The summed E-state index contributed by atoms with van der Waals surface area (Å²) in [6.45, 7) is 4.50. The lowest BCUT2D eigenvalue weighted by Gasteiger charge is -2.55. The molecular formula is C22H28O2. The zero-order valence-corrected chi connectivity index (χ0v) is 14.9. The second-order valence-corrected chi connectivity index (χ2v) is 8.45. The molecule has 24 heavy (non-hydrogen) atoms. The summed E-state index contributed by atoms with van der Waals surface area (Å²) in [4.78, 5) is 11.8. The minimum absolute atomic E-state index is 0.190. The van der Waals surface area contributed by atoms with Gasteiger partial charge in [0.2, 0.25) is 0 Å². The summed E-state index contributed by atoms with van der Waals surface area (Å²) in [5.74, 6) is 8.44. The molecule has 2 saturated carbocycles. The van der Waals surface area contributed by atoms with E-state index in [1.165, 1.54) is 5.57 Å². The third-order valence-electron chi connectivity index (χ3n) is 7.40. The van der Waals surface area contributed by atoms with Crippen molar-refractivity contribution in [1.29, 1.82) is 0 Å². The highest BCUT2D eigenvalue weighted by Crippen LogP contribution is 2.62. The standard InChI is InChI=1S/C22H28O2/c1-3-4-5-15-7-9-19-18-8-6-16-14-17(23)10-13-22(16,24)20(18)11-12-21(15,19)2/h6-7,18-20,24H,3,8-14H2,1-2H3/t18?,19?,20?,21-,22-/m1/s1. The van der Waals surface area contributed by atoms with E-state index < -0.39 is 5.60 Å². The minimum atomic E-state index is -0.712. The van der Waals surface area contributed by atoms with Gasteiger partial charge < -0.3 is 5.11 Å². The lowest BCUT2D eigenvalue weighted by Crippen LogP contribution is -2.54. The fourth-order valence-corrected chi connectivity index (χ4v) is 6.05. The predicted molar refractivity (Wildman–Crippen MR) is 95.1 cm³/mol. The second-order valence-electron chi connectivity index (χ2n) is 8.45. The van der Waals surface area contributed by atoms with Crippen LogP contribution in [0.4, 0.5) is 0 Å². The van der Waals surface area contributed by atoms with Crippen molar-refractivity contribution in [2.45, 2.75) is 70.8 Å². The van der Waals surface area contributed by atoms with Crippen LogP contribution in [0.3, 0.4) is 0 Å². The summed E-state index contributed by atoms with van der Waals surface area (Å²) in [6.07, 6.45) is 11.4. The molecule has 0 spiro atoms. The van der Waals surface area contributed by atoms with E-state index >= 15 is 0 Å². The van der Waals surface area contributed by atoms with Gasteiger partial charge in [0, 0.05) is 30.3 Å². The van der Waals surface area contributed by atoms with Crippen LogP contribution in [0.25, 0.3) is 0 Å². The van der Waals surface area contributed by atoms with Gasteiger partial charge in [-0.15, -0.1) is 0 Å². The number of ketones is 1. The molecule has 0 aromatic heterocycles. The van der Waals surface area contributed by atoms with Crippen molar-refractivity contribution in [1.82, 2.24) is 0 Å². The molecule has 0 aromatic carbocycles. The number of hydrogen-bond donors (Lipinski definition) is 1. The molecule has 128 valence electrons. The SMILES string of the molecule is CCC#CC1=CCC2C3CC=C4CC(=O)CC[C@]4(O)C3CC[C@]12C. The number of rotatable bonds is 0. The molecule has 4 rings (SSSR count). The number of aliphatic hydroxyl groups is 1. The van der Waals surface area contributed by atoms with Crippen LogP contribution >= 0.6 is 0 Å². The van der Waals surface area contributed by atoms with E-state index in [9.17, 15) is 9.90 Å². The first-order valence-electron chi connectivity index (χ1n) is 9.62. The molecule has 0 aromatic rings. The Hall–Kier alpha value is -1.33. The fourth-order valence-electron chi connectivity index (χ4n) is 6.05. The molecule has 0 aliphatic heterocycles. The quantitative estimate of drug-likeness (QED) is 0.536. The molecule has 4 aliphatic rings. The van der Waals surface area contributed by atoms with Crippen LogP contribution in [-0.2, 0) is 4.79 Å². The van der Waals surface area contributed by atoms with Crippen LogP contribution < -0.4 is 0 Å². The molecule has 5 atom stereocenters. The lowest BCUT2D eigenvalue weighted by atomic mass is 9.50. The maximum absolute atomic E-state index is 11.8. The Bertz CT molecular complexity index is 688. The molecule has 0 saturated heterocycles. The van der Waals surface area contributed by atoms with Gasteiger partial charge in [-0.3, -0.25) is 4.79 Å². The molecule has 0 radical (unpaired) electrons. The van der Waals surface area contributed by atoms with E-state index in [1.54, 1.807) is 0 Å². The molecule has 3 unspecified atom stereocenters. The van der Waals surface area contributed by atoms with E-state index in [2.05, 4.69) is 37.8 Å². The van der Waals surface area contributed by atoms with E-state index in [0.717, 1.165) is 37.7 Å². The summed E-state index contributed by atoms with van der Waals surface area (Å²) in [5.41, 5.74) is 1.85. The number of allylic oxidation sites excluding steroid dienone is 3. The summed E-state index contributed by atoms with van der Waals surface area (Å²) in [7, 11) is 0. The van der Waals surface area contributed by atoms with Crippen molar-refractivity contribution in [3.63, 3.8) is 0 Å². The summed E-state index contributed by atoms with van der Waals surface area (Å²) >= 11 is 0. The topological polar surface area (TPSA) is 37.3 Å². The van der Waals surface area contributed by atoms with E-state index in [1.807, 2.05) is 0 Å². The number of carbonyl (C=O) groups is 1. The third kappa shape index (κ3) is 2.17. The minimum Gasteiger partial charge on any atom is -0.385 e. The van der Waals surface area contributed by atoms with Gasteiger partial charge in [-0.1, -0.05) is 37.8 Å². The third-order valence-corrected chi connectivity index (χ3v) is 7.40. The van der Waals surface area contributed by atoms with Crippen LogP contribution in [0.2, 0.25) is 0 Å². The fraction of sp³-hybridized carbons (Fsp3) is 0.682. The molecule has 2 nitrogen and oxygen atoms in total. The summed E-state index contributed by atoms with van der Waals surface area (Å²) < 4.78 is 0. The summed E-state index contributed by atoms with van der Waals surface area (Å²) in [6, 6.07) is 0. The number of carbonyl (C=O) groups excluding carboxylic acids is 1. The molecule has 0 amide bonds. The van der Waals surface area contributed by atoms with Gasteiger partial charge in [0.05, 0.1) is 5.60 Å². The van der Waals surface area contributed by atoms with Crippen molar-refractivity contribution in [2.75, 3.05) is 0 Å². The monoisotopic (exact) mass is 324 g/mol. The zero-order valence-electron chi connectivity index (χ0n) is 14.9. The maximum Gasteiger partial charge on any atom is 0.137 e. The Morgan fingerprint density at radius 3 is 2.88 bits per heavy atom. The van der Waals surface area contributed by atoms with Crippen LogP contribution in [0.15, 0.2) is 23.3 Å². The molecule has 1 N–H and O–H groups in total. The molecule has 0 heterocycles. The van der Waals surface area contributed by atoms with E-state index in [0.29, 0.717) is 42.8 Å². The Labute approximate surface area is 145 Å². The van der Waals surface area contributed by atoms with Crippen LogP contribution in [0, 0.1) is 35.0 Å². The average Bonchev–Trinajstić information content (AvgIpc) is 2.90. The van der Waals surface area contributed by atoms with Gasteiger partial charge >= 0.3 is 0 Å². The van der Waals surface area contributed by atoms with Gasteiger partial charge in [-0.25, -0.2) is 0 Å². The van der Waals surface area contributed by atoms with Crippen LogP contribution in [-0.4, -0.2) is 16.5 Å². The number of Topliss-reactive ketones (excluding diaryl/α,β-unsaturated/α-hetero) is 1. The number of fused-ring (bicyclic) bond motifs is 5. The Morgan fingerprint density at radius 1 is 1.25 bits per heavy atom. The molecule has 2 fully saturated rings. The van der Waals surface area contributed by atoms with Crippen molar-refractivity contribution < 1.29 is 9.90 Å². The van der Waals surface area contributed by atoms with E-state index in [-0.39, 0.29) is 5.41 Å². The van der Waals surface area contributed by atoms with Gasteiger partial charge in [-0.05, 0) is 55.4 Å². The number of hydrogen-bond acceptors (Lipinski definition) is 2. The first-order valence-corrected chi connectivity index (χ1v) is 9.62. The smallest absolute Gasteiger partial charge is 0.137 e. The van der Waals surface area contributed by atoms with Crippen molar-refractivity contribution in [3.8, 4) is 11.8 Å². The Balaban J connectivity index is 1.65. The highest BCUT2D eigenvalue weighted by molar-refractivity contribution is 5.83. The lowest BCUT2D eigenvalue weighted by molar-refractivity contribution is -0.128. The molecule has 4 aliphatic carbocycles. The second kappa shape index (κ2) is 5.60. The van der Waals surface area contributed by atoms with Crippen molar-refractivity contribution in [2.24, 2.45) is 23.2 Å². The van der Waals surface area contributed by atoms with Gasteiger partial charge in [0.15, 0.2) is 0 Å². The first kappa shape index (κ1) is 16.2. The van der Waals surface area contributed by atoms with Crippen molar-refractivity contribution >= 4 is 5.78 Å². The predicted octanol–water partition coefficient (Wildman–Crippen LogP) is 4.19. The highest BCUT2D eigenvalue weighted by Gasteiger charge is 2.57. The zero-order chi connectivity index (χ0) is 16.9. The van der Waals surface area contributed by atoms with E-state index in [4.69, 9.17) is 0 Å². The average molecular weight is 324 g/mol. The normalized spacial score (nSPS) is 43.6.